The van der Waals surface area contributed by atoms with E-state index in [1.54, 1.807) is 0 Å². The molecule has 21 heavy (non-hydrogen) atoms. The Balaban J connectivity index is 1.75. The van der Waals surface area contributed by atoms with Crippen molar-refractivity contribution in [2.75, 3.05) is 6.54 Å². The third kappa shape index (κ3) is 3.43. The first kappa shape index (κ1) is 14.9. The van der Waals surface area contributed by atoms with Crippen molar-refractivity contribution in [3.05, 3.63) is 24.3 Å². The summed E-state index contributed by atoms with van der Waals surface area (Å²) in [6.07, 6.45) is 5.16. The van der Waals surface area contributed by atoms with Crippen molar-refractivity contribution in [3.63, 3.8) is 0 Å². The van der Waals surface area contributed by atoms with Gasteiger partial charge < -0.3 is 9.73 Å². The number of nitrogens with zero attached hydrogens (tertiary/aromatic N) is 1. The van der Waals surface area contributed by atoms with E-state index in [0.29, 0.717) is 11.3 Å². The third-order valence-corrected chi connectivity index (χ3v) is 5.67. The summed E-state index contributed by atoms with van der Waals surface area (Å²) in [6.45, 7) is 5.53. The number of thioether (sulfide) groups is 1. The smallest absolute Gasteiger partial charge is 0.257 e. The molecular formula is C17H24N2OS. The second kappa shape index (κ2) is 6.84. The molecule has 1 aliphatic rings. The highest BCUT2D eigenvalue weighted by atomic mass is 32.2. The lowest BCUT2D eigenvalue weighted by molar-refractivity contribution is 0.296. The van der Waals surface area contributed by atoms with Crippen molar-refractivity contribution in [2.45, 2.75) is 56.0 Å². The largest absolute Gasteiger partial charge is 0.431 e. The van der Waals surface area contributed by atoms with Gasteiger partial charge in [-0.25, -0.2) is 4.98 Å². The maximum absolute atomic E-state index is 5.89. The van der Waals surface area contributed by atoms with Crippen LogP contribution < -0.4 is 5.32 Å². The van der Waals surface area contributed by atoms with E-state index in [9.17, 15) is 0 Å². The van der Waals surface area contributed by atoms with Gasteiger partial charge in [-0.3, -0.25) is 0 Å². The number of hydrogen-bond acceptors (Lipinski definition) is 4. The molecule has 3 nitrogen and oxygen atoms in total. The van der Waals surface area contributed by atoms with E-state index in [2.05, 4.69) is 24.1 Å². The van der Waals surface area contributed by atoms with Gasteiger partial charge in [0.2, 0.25) is 0 Å². The Kier molecular flexibility index (Phi) is 4.86. The Morgan fingerprint density at radius 1 is 1.29 bits per heavy atom. The van der Waals surface area contributed by atoms with Crippen LogP contribution >= 0.6 is 11.8 Å². The van der Waals surface area contributed by atoms with Crippen molar-refractivity contribution in [2.24, 2.45) is 5.92 Å². The molecule has 2 aromatic rings. The van der Waals surface area contributed by atoms with Gasteiger partial charge in [0, 0.05) is 11.3 Å². The minimum Gasteiger partial charge on any atom is -0.431 e. The SMILES string of the molecule is CCNC1CCC(CC)CC1Sc1nc2ccccc2o1. The average molecular weight is 304 g/mol. The Morgan fingerprint density at radius 3 is 2.90 bits per heavy atom. The second-order valence-electron chi connectivity index (χ2n) is 5.86. The molecule has 3 atom stereocenters. The van der Waals surface area contributed by atoms with Crippen LogP contribution in [0, 0.1) is 5.92 Å². The minimum atomic E-state index is 0.566. The number of hydrogen-bond donors (Lipinski definition) is 1. The summed E-state index contributed by atoms with van der Waals surface area (Å²) < 4.78 is 5.89. The van der Waals surface area contributed by atoms with Gasteiger partial charge in [0.1, 0.15) is 5.52 Å². The first-order chi connectivity index (χ1) is 10.3. The highest BCUT2D eigenvalue weighted by molar-refractivity contribution is 7.99. The minimum absolute atomic E-state index is 0.566. The standard InChI is InChI=1S/C17H24N2OS/c1-3-12-9-10-14(18-4-2)16(11-12)21-17-19-13-7-5-6-8-15(13)20-17/h5-8,12,14,16,18H,3-4,9-11H2,1-2H3. The molecule has 0 spiro atoms. The number of rotatable bonds is 5. The summed E-state index contributed by atoms with van der Waals surface area (Å²) in [7, 11) is 0. The van der Waals surface area contributed by atoms with Gasteiger partial charge in [-0.1, -0.05) is 44.2 Å². The monoisotopic (exact) mass is 304 g/mol. The van der Waals surface area contributed by atoms with Crippen LogP contribution in [0.1, 0.15) is 39.5 Å². The van der Waals surface area contributed by atoms with Crippen LogP contribution in [0.5, 0.6) is 0 Å². The zero-order valence-corrected chi connectivity index (χ0v) is 13.7. The average Bonchev–Trinajstić information content (AvgIpc) is 2.91. The van der Waals surface area contributed by atoms with Crippen LogP contribution in [-0.2, 0) is 0 Å². The highest BCUT2D eigenvalue weighted by Crippen LogP contribution is 2.38. The molecule has 3 unspecified atom stereocenters. The Morgan fingerprint density at radius 2 is 2.14 bits per heavy atom. The maximum Gasteiger partial charge on any atom is 0.257 e. The first-order valence-electron chi connectivity index (χ1n) is 8.05. The maximum atomic E-state index is 5.89. The van der Waals surface area contributed by atoms with E-state index >= 15 is 0 Å². The predicted molar refractivity (Wildman–Crippen MR) is 88.8 cm³/mol. The van der Waals surface area contributed by atoms with E-state index in [0.717, 1.165) is 28.8 Å². The van der Waals surface area contributed by atoms with Gasteiger partial charge in [-0.2, -0.15) is 0 Å². The molecule has 3 rings (SSSR count). The Bertz CT molecular complexity index is 550. The molecular weight excluding hydrogens is 280 g/mol. The van der Waals surface area contributed by atoms with Crippen LogP contribution in [0.15, 0.2) is 33.9 Å². The Hall–Kier alpha value is -1.00. The zero-order chi connectivity index (χ0) is 14.7. The quantitative estimate of drug-likeness (QED) is 0.884. The summed E-state index contributed by atoms with van der Waals surface area (Å²) in [4.78, 5) is 4.62. The molecule has 1 aromatic carbocycles. The summed E-state index contributed by atoms with van der Waals surface area (Å²) >= 11 is 1.82. The fourth-order valence-corrected chi connectivity index (χ4v) is 4.55. The molecule has 0 bridgehead atoms. The summed E-state index contributed by atoms with van der Waals surface area (Å²) in [5.74, 6) is 0.849. The summed E-state index contributed by atoms with van der Waals surface area (Å²) in [6, 6.07) is 8.59. The lowest BCUT2D eigenvalue weighted by atomic mass is 9.84. The van der Waals surface area contributed by atoms with E-state index in [-0.39, 0.29) is 0 Å². The zero-order valence-electron chi connectivity index (χ0n) is 12.8. The van der Waals surface area contributed by atoms with Crippen LogP contribution in [-0.4, -0.2) is 22.8 Å². The lowest BCUT2D eigenvalue weighted by Crippen LogP contribution is -2.42. The van der Waals surface area contributed by atoms with Crippen molar-refractivity contribution < 1.29 is 4.42 Å². The number of oxazole rings is 1. The predicted octanol–water partition coefficient (Wildman–Crippen LogP) is 4.48. The molecule has 1 saturated carbocycles. The first-order valence-corrected chi connectivity index (χ1v) is 8.93. The number of aromatic nitrogens is 1. The summed E-state index contributed by atoms with van der Waals surface area (Å²) in [5, 5.41) is 5.03. The lowest BCUT2D eigenvalue weighted by Gasteiger charge is -2.35. The Labute approximate surface area is 130 Å². The molecule has 1 aromatic heterocycles. The van der Waals surface area contributed by atoms with Crippen molar-refractivity contribution in [1.82, 2.24) is 10.3 Å². The van der Waals surface area contributed by atoms with Crippen LogP contribution in [0.2, 0.25) is 0 Å². The normalized spacial score (nSPS) is 26.3. The number of benzene rings is 1. The van der Waals surface area contributed by atoms with Crippen LogP contribution in [0.3, 0.4) is 0 Å². The molecule has 1 aliphatic carbocycles. The number of fused-ring (bicyclic) bond motifs is 1. The van der Waals surface area contributed by atoms with Crippen LogP contribution in [0.4, 0.5) is 0 Å². The van der Waals surface area contributed by atoms with E-state index in [1.807, 2.05) is 36.0 Å². The van der Waals surface area contributed by atoms with Gasteiger partial charge >= 0.3 is 0 Å². The fraction of sp³-hybridized carbons (Fsp3) is 0.588. The van der Waals surface area contributed by atoms with E-state index < -0.39 is 0 Å². The second-order valence-corrected chi connectivity index (χ2v) is 7.05. The van der Waals surface area contributed by atoms with Gasteiger partial charge in [0.05, 0.1) is 0 Å². The van der Waals surface area contributed by atoms with Gasteiger partial charge in [-0.15, -0.1) is 0 Å². The topological polar surface area (TPSA) is 38.1 Å². The molecule has 114 valence electrons. The molecule has 1 heterocycles. The van der Waals surface area contributed by atoms with Crippen LogP contribution in [0.25, 0.3) is 11.1 Å². The number of nitrogens with one attached hydrogen (secondary N) is 1. The molecule has 0 saturated heterocycles. The molecule has 0 aliphatic heterocycles. The molecule has 1 fully saturated rings. The van der Waals surface area contributed by atoms with Crippen molar-refractivity contribution in [3.8, 4) is 0 Å². The van der Waals surface area contributed by atoms with E-state index in [4.69, 9.17) is 4.42 Å². The molecule has 0 amide bonds. The fourth-order valence-electron chi connectivity index (χ4n) is 3.24. The molecule has 4 heteroatoms. The summed E-state index contributed by atoms with van der Waals surface area (Å²) in [5.41, 5.74) is 1.85. The van der Waals surface area contributed by atoms with Gasteiger partial charge in [0.15, 0.2) is 5.58 Å². The molecule has 1 N–H and O–H groups in total. The third-order valence-electron chi connectivity index (χ3n) is 4.47. The van der Waals surface area contributed by atoms with E-state index in [1.165, 1.54) is 25.7 Å². The number of para-hydroxylation sites is 2. The molecule has 0 radical (unpaired) electrons. The van der Waals surface area contributed by atoms with Gasteiger partial charge in [-0.05, 0) is 43.9 Å². The van der Waals surface area contributed by atoms with Gasteiger partial charge in [0.25, 0.3) is 5.22 Å². The van der Waals surface area contributed by atoms with Crippen molar-refractivity contribution >= 4 is 22.9 Å². The highest BCUT2D eigenvalue weighted by Gasteiger charge is 2.31. The van der Waals surface area contributed by atoms with Crippen molar-refractivity contribution in [1.29, 1.82) is 0 Å².